The van der Waals surface area contributed by atoms with Crippen LogP contribution in [0.5, 0.6) is 0 Å². The summed E-state index contributed by atoms with van der Waals surface area (Å²) < 4.78 is 1.07. The number of nitrogens with one attached hydrogen (secondary N) is 2. The van der Waals surface area contributed by atoms with Gasteiger partial charge < -0.3 is 10.7 Å². The zero-order valence-corrected chi connectivity index (χ0v) is 13.2. The van der Waals surface area contributed by atoms with E-state index in [9.17, 15) is 0 Å². The molecule has 2 rings (SSSR count). The standard InChI is InChI=1S/C14H18BrN5/c1-3-9-7-10(15)5-6-12(9)19-13-11(4-2)14(20-16)18-8-17-13/h5-8H,3-4,16H2,1-2H3,(H2,17,18,19,20). The highest BCUT2D eigenvalue weighted by molar-refractivity contribution is 9.10. The highest BCUT2D eigenvalue weighted by Gasteiger charge is 2.10. The summed E-state index contributed by atoms with van der Waals surface area (Å²) in [4.78, 5) is 8.45. The number of rotatable bonds is 5. The molecule has 0 saturated heterocycles. The SMILES string of the molecule is CCc1cc(Br)ccc1Nc1ncnc(NN)c1CC. The van der Waals surface area contributed by atoms with Gasteiger partial charge in [-0.25, -0.2) is 15.8 Å². The Morgan fingerprint density at radius 1 is 1.15 bits per heavy atom. The fraction of sp³-hybridized carbons (Fsp3) is 0.286. The number of hydrazine groups is 1. The number of benzene rings is 1. The van der Waals surface area contributed by atoms with Crippen molar-refractivity contribution in [1.82, 2.24) is 9.97 Å². The largest absolute Gasteiger partial charge is 0.340 e. The minimum atomic E-state index is 0.653. The molecule has 0 bridgehead atoms. The molecule has 106 valence electrons. The Balaban J connectivity index is 2.39. The highest BCUT2D eigenvalue weighted by Crippen LogP contribution is 2.27. The van der Waals surface area contributed by atoms with E-state index in [2.05, 4.69) is 49.6 Å². The van der Waals surface area contributed by atoms with Crippen LogP contribution in [0.4, 0.5) is 17.3 Å². The van der Waals surface area contributed by atoms with Crippen molar-refractivity contribution in [2.24, 2.45) is 5.84 Å². The maximum Gasteiger partial charge on any atom is 0.148 e. The first-order valence-corrected chi connectivity index (χ1v) is 7.34. The first-order valence-electron chi connectivity index (χ1n) is 6.55. The summed E-state index contributed by atoms with van der Waals surface area (Å²) in [6.07, 6.45) is 3.23. The molecular formula is C14H18BrN5. The van der Waals surface area contributed by atoms with Crippen LogP contribution in [0.25, 0.3) is 0 Å². The van der Waals surface area contributed by atoms with E-state index in [1.54, 1.807) is 0 Å². The van der Waals surface area contributed by atoms with Crippen LogP contribution in [0.3, 0.4) is 0 Å². The monoisotopic (exact) mass is 335 g/mol. The predicted octanol–water partition coefficient (Wildman–Crippen LogP) is 3.39. The van der Waals surface area contributed by atoms with Crippen molar-refractivity contribution >= 4 is 33.3 Å². The number of nitrogen functional groups attached to an aromatic ring is 1. The van der Waals surface area contributed by atoms with E-state index in [0.29, 0.717) is 5.82 Å². The van der Waals surface area contributed by atoms with E-state index < -0.39 is 0 Å². The van der Waals surface area contributed by atoms with E-state index >= 15 is 0 Å². The average molecular weight is 336 g/mol. The minimum absolute atomic E-state index is 0.653. The first-order chi connectivity index (χ1) is 9.69. The van der Waals surface area contributed by atoms with E-state index in [0.717, 1.165) is 34.4 Å². The van der Waals surface area contributed by atoms with Crippen LogP contribution in [0.15, 0.2) is 29.0 Å². The molecule has 0 saturated carbocycles. The molecule has 0 radical (unpaired) electrons. The van der Waals surface area contributed by atoms with Gasteiger partial charge >= 0.3 is 0 Å². The average Bonchev–Trinajstić information content (AvgIpc) is 2.48. The van der Waals surface area contributed by atoms with Crippen molar-refractivity contribution in [3.63, 3.8) is 0 Å². The third-order valence-corrected chi connectivity index (χ3v) is 3.63. The van der Waals surface area contributed by atoms with Gasteiger partial charge in [-0.3, -0.25) is 0 Å². The molecule has 6 heteroatoms. The van der Waals surface area contributed by atoms with Gasteiger partial charge in [0.2, 0.25) is 0 Å². The summed E-state index contributed by atoms with van der Waals surface area (Å²) in [6.45, 7) is 4.17. The van der Waals surface area contributed by atoms with Gasteiger partial charge in [-0.05, 0) is 36.6 Å². The number of aromatic nitrogens is 2. The van der Waals surface area contributed by atoms with Crippen LogP contribution in [-0.2, 0) is 12.8 Å². The van der Waals surface area contributed by atoms with Gasteiger partial charge in [-0.1, -0.05) is 29.8 Å². The molecule has 0 amide bonds. The Morgan fingerprint density at radius 3 is 2.55 bits per heavy atom. The van der Waals surface area contributed by atoms with Crippen molar-refractivity contribution in [1.29, 1.82) is 0 Å². The van der Waals surface area contributed by atoms with E-state index in [1.165, 1.54) is 11.9 Å². The quantitative estimate of drug-likeness (QED) is 0.576. The van der Waals surface area contributed by atoms with E-state index in [-0.39, 0.29) is 0 Å². The van der Waals surface area contributed by atoms with Crippen molar-refractivity contribution in [3.05, 3.63) is 40.1 Å². The Hall–Kier alpha value is -1.66. The van der Waals surface area contributed by atoms with Crippen LogP contribution < -0.4 is 16.6 Å². The topological polar surface area (TPSA) is 75.9 Å². The minimum Gasteiger partial charge on any atom is -0.340 e. The van der Waals surface area contributed by atoms with Crippen LogP contribution in [0.2, 0.25) is 0 Å². The molecule has 0 spiro atoms. The van der Waals surface area contributed by atoms with Gasteiger partial charge in [-0.2, -0.15) is 0 Å². The number of aryl methyl sites for hydroxylation is 1. The van der Waals surface area contributed by atoms with Crippen LogP contribution in [0.1, 0.15) is 25.0 Å². The second-order valence-corrected chi connectivity index (χ2v) is 5.24. The van der Waals surface area contributed by atoms with Crippen molar-refractivity contribution in [3.8, 4) is 0 Å². The Bertz CT molecular complexity index is 600. The van der Waals surface area contributed by atoms with Gasteiger partial charge in [0.1, 0.15) is 18.0 Å². The van der Waals surface area contributed by atoms with Crippen molar-refractivity contribution in [2.75, 3.05) is 10.7 Å². The number of hydrogen-bond donors (Lipinski definition) is 3. The van der Waals surface area contributed by atoms with Gasteiger partial charge in [-0.15, -0.1) is 0 Å². The zero-order valence-electron chi connectivity index (χ0n) is 11.6. The van der Waals surface area contributed by atoms with Gasteiger partial charge in [0.05, 0.1) is 0 Å². The summed E-state index contributed by atoms with van der Waals surface area (Å²) in [5.41, 5.74) is 5.86. The molecule has 0 aliphatic heterocycles. The molecule has 0 atom stereocenters. The summed E-state index contributed by atoms with van der Waals surface area (Å²) in [7, 11) is 0. The van der Waals surface area contributed by atoms with E-state index in [4.69, 9.17) is 5.84 Å². The molecule has 1 heterocycles. The molecule has 1 aromatic heterocycles. The second-order valence-electron chi connectivity index (χ2n) is 4.33. The lowest BCUT2D eigenvalue weighted by molar-refractivity contribution is 1.03. The first kappa shape index (κ1) is 14.7. The molecule has 0 aliphatic carbocycles. The summed E-state index contributed by atoms with van der Waals surface area (Å²) in [5.74, 6) is 6.93. The Labute approximate surface area is 127 Å². The van der Waals surface area contributed by atoms with Crippen LogP contribution >= 0.6 is 15.9 Å². The molecule has 0 aliphatic rings. The number of anilines is 3. The lowest BCUT2D eigenvalue weighted by Crippen LogP contribution is -2.13. The molecule has 0 fully saturated rings. The predicted molar refractivity (Wildman–Crippen MR) is 86.0 cm³/mol. The summed E-state index contributed by atoms with van der Waals surface area (Å²) >= 11 is 3.49. The lowest BCUT2D eigenvalue weighted by atomic mass is 10.1. The molecule has 5 nitrogen and oxygen atoms in total. The number of halogens is 1. The maximum absolute atomic E-state index is 5.49. The zero-order chi connectivity index (χ0) is 14.5. The van der Waals surface area contributed by atoms with Crippen LogP contribution in [-0.4, -0.2) is 9.97 Å². The smallest absolute Gasteiger partial charge is 0.148 e. The third kappa shape index (κ3) is 3.08. The van der Waals surface area contributed by atoms with Gasteiger partial charge in [0, 0.05) is 15.7 Å². The van der Waals surface area contributed by atoms with Crippen molar-refractivity contribution in [2.45, 2.75) is 26.7 Å². The Kier molecular flexibility index (Phi) is 4.92. The molecule has 0 unspecified atom stereocenters. The van der Waals surface area contributed by atoms with Crippen LogP contribution in [0, 0.1) is 0 Å². The normalized spacial score (nSPS) is 10.4. The van der Waals surface area contributed by atoms with Crippen molar-refractivity contribution < 1.29 is 0 Å². The summed E-state index contributed by atoms with van der Waals surface area (Å²) in [5, 5.41) is 3.38. The molecular weight excluding hydrogens is 318 g/mol. The fourth-order valence-corrected chi connectivity index (χ4v) is 2.49. The molecule has 20 heavy (non-hydrogen) atoms. The number of nitrogens with zero attached hydrogens (tertiary/aromatic N) is 2. The Morgan fingerprint density at radius 2 is 1.90 bits per heavy atom. The lowest BCUT2D eigenvalue weighted by Gasteiger charge is -2.15. The van der Waals surface area contributed by atoms with Gasteiger partial charge in [0.15, 0.2) is 0 Å². The number of nitrogens with two attached hydrogens (primary N) is 1. The molecule has 1 aromatic carbocycles. The molecule has 2 aromatic rings. The van der Waals surface area contributed by atoms with Gasteiger partial charge in [0.25, 0.3) is 0 Å². The third-order valence-electron chi connectivity index (χ3n) is 3.14. The maximum atomic E-state index is 5.49. The van der Waals surface area contributed by atoms with E-state index in [1.807, 2.05) is 19.1 Å². The fourth-order valence-electron chi connectivity index (χ4n) is 2.08. The second kappa shape index (κ2) is 6.67. The highest BCUT2D eigenvalue weighted by atomic mass is 79.9. The number of hydrogen-bond acceptors (Lipinski definition) is 5. The molecule has 4 N–H and O–H groups in total. The summed E-state index contributed by atoms with van der Waals surface area (Å²) in [6, 6.07) is 6.16.